The number of fused-ring (bicyclic) bond motifs is 1. The molecule has 0 bridgehead atoms. The number of aliphatic carboxylic acids is 1. The molecule has 2 aromatic rings. The number of carbonyl (C=O) groups is 2. The van der Waals surface area contributed by atoms with E-state index in [4.69, 9.17) is 5.11 Å². The first-order chi connectivity index (χ1) is 11.6. The molecule has 2 heterocycles. The number of nitrogens with zero attached hydrogens (tertiary/aromatic N) is 1. The Morgan fingerprint density at radius 2 is 2.00 bits per heavy atom. The van der Waals surface area contributed by atoms with Gasteiger partial charge in [-0.15, -0.1) is 0 Å². The minimum Gasteiger partial charge on any atom is -0.481 e. The number of carbonyl (C=O) groups excluding carboxylic acids is 1. The Morgan fingerprint density at radius 3 is 2.75 bits per heavy atom. The van der Waals surface area contributed by atoms with Crippen LogP contribution in [0.25, 0.3) is 10.9 Å². The lowest BCUT2D eigenvalue weighted by Gasteiger charge is -2.37. The number of nitrogens with one attached hydrogen (secondary N) is 1. The molecule has 128 valence electrons. The van der Waals surface area contributed by atoms with Crippen molar-refractivity contribution >= 4 is 22.8 Å². The van der Waals surface area contributed by atoms with Crippen LogP contribution in [0, 0.1) is 11.8 Å². The fraction of sp³-hybridized carbons (Fsp3) is 0.474. The van der Waals surface area contributed by atoms with Crippen LogP contribution in [0.1, 0.15) is 31.7 Å². The number of rotatable bonds is 5. The number of likely N-dealkylation sites (tertiary alicyclic amines) is 1. The molecule has 1 amide bonds. The monoisotopic (exact) mass is 328 g/mol. The molecule has 2 atom stereocenters. The molecule has 1 aromatic heterocycles. The van der Waals surface area contributed by atoms with E-state index in [9.17, 15) is 9.59 Å². The number of amides is 1. The van der Waals surface area contributed by atoms with E-state index < -0.39 is 5.97 Å². The number of piperidine rings is 1. The molecule has 1 aliphatic heterocycles. The van der Waals surface area contributed by atoms with Gasteiger partial charge in [0.15, 0.2) is 0 Å². The fourth-order valence-corrected chi connectivity index (χ4v) is 3.77. The highest BCUT2D eigenvalue weighted by Crippen LogP contribution is 2.27. The Hall–Kier alpha value is -2.30. The first-order valence-corrected chi connectivity index (χ1v) is 8.61. The van der Waals surface area contributed by atoms with Gasteiger partial charge < -0.3 is 15.0 Å². The zero-order valence-corrected chi connectivity index (χ0v) is 14.0. The lowest BCUT2D eigenvalue weighted by Crippen LogP contribution is -2.45. The van der Waals surface area contributed by atoms with Gasteiger partial charge in [-0.25, -0.2) is 0 Å². The number of para-hydroxylation sites is 1. The standard InChI is InChI=1S/C19H24N2O3/c1-2-13-7-14(8-19(23)24)12-21(11-13)18(22)9-15-10-20-17-6-4-3-5-16(15)17/h3-6,10,13-14,20H,2,7-9,11-12H2,1H3,(H,23,24)/t13-,14-/m1/s1. The molecule has 0 unspecified atom stereocenters. The first-order valence-electron chi connectivity index (χ1n) is 8.61. The van der Waals surface area contributed by atoms with Crippen molar-refractivity contribution in [3.8, 4) is 0 Å². The van der Waals surface area contributed by atoms with Gasteiger partial charge >= 0.3 is 5.97 Å². The van der Waals surface area contributed by atoms with Crippen LogP contribution < -0.4 is 0 Å². The third-order valence-corrected chi connectivity index (χ3v) is 5.03. The maximum atomic E-state index is 12.8. The van der Waals surface area contributed by atoms with E-state index in [1.165, 1.54) is 0 Å². The van der Waals surface area contributed by atoms with Crippen molar-refractivity contribution in [3.63, 3.8) is 0 Å². The summed E-state index contributed by atoms with van der Waals surface area (Å²) < 4.78 is 0. The molecule has 24 heavy (non-hydrogen) atoms. The molecule has 0 aliphatic carbocycles. The molecular weight excluding hydrogens is 304 g/mol. The summed E-state index contributed by atoms with van der Waals surface area (Å²) in [5, 5.41) is 10.1. The highest BCUT2D eigenvalue weighted by atomic mass is 16.4. The van der Waals surface area contributed by atoms with Crippen LogP contribution in [-0.4, -0.2) is 40.0 Å². The van der Waals surface area contributed by atoms with Gasteiger partial charge in [-0.3, -0.25) is 9.59 Å². The quantitative estimate of drug-likeness (QED) is 0.886. The Kier molecular flexibility index (Phi) is 4.88. The Bertz CT molecular complexity index is 737. The van der Waals surface area contributed by atoms with E-state index in [0.29, 0.717) is 18.9 Å². The van der Waals surface area contributed by atoms with Crippen molar-refractivity contribution in [2.45, 2.75) is 32.6 Å². The number of aromatic amines is 1. The zero-order chi connectivity index (χ0) is 17.1. The largest absolute Gasteiger partial charge is 0.481 e. The lowest BCUT2D eigenvalue weighted by molar-refractivity contribution is -0.141. The Labute approximate surface area is 141 Å². The van der Waals surface area contributed by atoms with E-state index in [0.717, 1.165) is 35.9 Å². The van der Waals surface area contributed by atoms with Gasteiger partial charge in [-0.1, -0.05) is 31.5 Å². The van der Waals surface area contributed by atoms with Crippen LogP contribution in [0.3, 0.4) is 0 Å². The first kappa shape index (κ1) is 16.6. The van der Waals surface area contributed by atoms with E-state index in [-0.39, 0.29) is 18.2 Å². The Balaban J connectivity index is 1.72. The average molecular weight is 328 g/mol. The van der Waals surface area contributed by atoms with Crippen LogP contribution in [0.5, 0.6) is 0 Å². The van der Waals surface area contributed by atoms with Gasteiger partial charge in [-0.2, -0.15) is 0 Å². The summed E-state index contributed by atoms with van der Waals surface area (Å²) >= 11 is 0. The second-order valence-corrected chi connectivity index (χ2v) is 6.81. The molecule has 3 rings (SSSR count). The summed E-state index contributed by atoms with van der Waals surface area (Å²) in [5.74, 6) is -0.225. The smallest absolute Gasteiger partial charge is 0.303 e. The van der Waals surface area contributed by atoms with E-state index in [2.05, 4.69) is 11.9 Å². The van der Waals surface area contributed by atoms with E-state index >= 15 is 0 Å². The number of aromatic nitrogens is 1. The normalized spacial score (nSPS) is 21.1. The summed E-state index contributed by atoms with van der Waals surface area (Å²) in [4.78, 5) is 28.9. The molecule has 2 N–H and O–H groups in total. The summed E-state index contributed by atoms with van der Waals surface area (Å²) in [5.41, 5.74) is 2.04. The van der Waals surface area contributed by atoms with Crippen LogP contribution >= 0.6 is 0 Å². The molecule has 1 aliphatic rings. The maximum Gasteiger partial charge on any atom is 0.303 e. The van der Waals surface area contributed by atoms with Crippen molar-refractivity contribution in [1.82, 2.24) is 9.88 Å². The third-order valence-electron chi connectivity index (χ3n) is 5.03. The third kappa shape index (κ3) is 3.61. The molecule has 5 nitrogen and oxygen atoms in total. The maximum absolute atomic E-state index is 12.8. The minimum absolute atomic E-state index is 0.0631. The van der Waals surface area contributed by atoms with Crippen LogP contribution in [0.15, 0.2) is 30.5 Å². The molecule has 1 aromatic carbocycles. The van der Waals surface area contributed by atoms with Crippen molar-refractivity contribution in [2.24, 2.45) is 11.8 Å². The predicted molar refractivity (Wildman–Crippen MR) is 92.7 cm³/mol. The number of carboxylic acids is 1. The highest BCUT2D eigenvalue weighted by Gasteiger charge is 2.30. The van der Waals surface area contributed by atoms with Crippen molar-refractivity contribution in [3.05, 3.63) is 36.0 Å². The average Bonchev–Trinajstić information content (AvgIpc) is 2.97. The number of hydrogen-bond acceptors (Lipinski definition) is 2. The molecule has 0 spiro atoms. The van der Waals surface area contributed by atoms with Gasteiger partial charge in [0.05, 0.1) is 6.42 Å². The number of H-pyrrole nitrogens is 1. The van der Waals surface area contributed by atoms with Gasteiger partial charge in [0.2, 0.25) is 5.91 Å². The van der Waals surface area contributed by atoms with Crippen LogP contribution in [0.4, 0.5) is 0 Å². The number of hydrogen-bond donors (Lipinski definition) is 2. The van der Waals surface area contributed by atoms with E-state index in [1.807, 2.05) is 35.4 Å². The summed E-state index contributed by atoms with van der Waals surface area (Å²) in [7, 11) is 0. The highest BCUT2D eigenvalue weighted by molar-refractivity contribution is 5.89. The van der Waals surface area contributed by atoms with Gasteiger partial charge in [0.1, 0.15) is 0 Å². The summed E-state index contributed by atoms with van der Waals surface area (Å²) in [6.07, 6.45) is 4.29. The number of carboxylic acid groups (broad SMARTS) is 1. The SMILES string of the molecule is CC[C@@H]1C[C@H](CC(=O)O)CN(C(=O)Cc2c[nH]c3ccccc23)C1. The molecule has 1 saturated heterocycles. The van der Waals surface area contributed by atoms with Gasteiger partial charge in [0.25, 0.3) is 0 Å². The van der Waals surface area contributed by atoms with E-state index in [1.54, 1.807) is 0 Å². The van der Waals surface area contributed by atoms with Gasteiger partial charge in [-0.05, 0) is 29.9 Å². The molecular formula is C19H24N2O3. The second-order valence-electron chi connectivity index (χ2n) is 6.81. The minimum atomic E-state index is -0.777. The molecule has 0 radical (unpaired) electrons. The summed E-state index contributed by atoms with van der Waals surface area (Å²) in [6, 6.07) is 7.96. The zero-order valence-electron chi connectivity index (χ0n) is 14.0. The second kappa shape index (κ2) is 7.07. The number of benzene rings is 1. The van der Waals surface area contributed by atoms with Crippen molar-refractivity contribution < 1.29 is 14.7 Å². The predicted octanol–water partition coefficient (Wildman–Crippen LogP) is 3.06. The molecule has 1 fully saturated rings. The lowest BCUT2D eigenvalue weighted by atomic mass is 9.85. The van der Waals surface area contributed by atoms with Crippen LogP contribution in [-0.2, 0) is 16.0 Å². The topological polar surface area (TPSA) is 73.4 Å². The van der Waals surface area contributed by atoms with Crippen LogP contribution in [0.2, 0.25) is 0 Å². The van der Waals surface area contributed by atoms with Gasteiger partial charge in [0, 0.05) is 36.6 Å². The summed E-state index contributed by atoms with van der Waals surface area (Å²) in [6.45, 7) is 3.41. The Morgan fingerprint density at radius 1 is 1.25 bits per heavy atom. The van der Waals surface area contributed by atoms with Crippen molar-refractivity contribution in [1.29, 1.82) is 0 Å². The fourth-order valence-electron chi connectivity index (χ4n) is 3.77. The van der Waals surface area contributed by atoms with Crippen molar-refractivity contribution in [2.75, 3.05) is 13.1 Å². The molecule has 5 heteroatoms. The molecule has 0 saturated carbocycles.